The molecule has 2 bridgehead atoms. The first kappa shape index (κ1) is 21.7. The fourth-order valence-electron chi connectivity index (χ4n) is 3.10. The molecule has 3 N–H and O–H groups in total. The average molecular weight is 386 g/mol. The van der Waals surface area contributed by atoms with Gasteiger partial charge in [-0.1, -0.05) is 36.4 Å². The highest BCUT2D eigenvalue weighted by molar-refractivity contribution is 5.92. The molecule has 1 aromatic carbocycles. The molecule has 6 heteroatoms. The Labute approximate surface area is 167 Å². The van der Waals surface area contributed by atoms with E-state index in [0.29, 0.717) is 12.8 Å². The lowest BCUT2D eigenvalue weighted by atomic mass is 10.0. The zero-order chi connectivity index (χ0) is 20.5. The van der Waals surface area contributed by atoms with Crippen molar-refractivity contribution >= 4 is 23.8 Å². The van der Waals surface area contributed by atoms with Gasteiger partial charge in [-0.25, -0.2) is 0 Å². The quantitative estimate of drug-likeness (QED) is 0.730. The molecule has 6 nitrogen and oxygen atoms in total. The summed E-state index contributed by atoms with van der Waals surface area (Å²) in [6.45, 7) is 5.39. The fraction of sp³-hybridized carbons (Fsp3) is 0.500. The van der Waals surface area contributed by atoms with Crippen LogP contribution in [0.1, 0.15) is 57.6 Å². The second kappa shape index (κ2) is 10.6. The van der Waals surface area contributed by atoms with Gasteiger partial charge in [-0.05, 0) is 51.2 Å². The van der Waals surface area contributed by atoms with Gasteiger partial charge in [0.2, 0.25) is 17.7 Å². The Hall–Kier alpha value is -2.63. The number of hydrogen-bond acceptors (Lipinski definition) is 3. The van der Waals surface area contributed by atoms with Gasteiger partial charge in [0.15, 0.2) is 0 Å². The topological polar surface area (TPSA) is 87.3 Å². The Bertz CT molecular complexity index is 727. The van der Waals surface area contributed by atoms with Gasteiger partial charge < -0.3 is 16.0 Å². The molecule has 1 aliphatic rings. The van der Waals surface area contributed by atoms with E-state index in [2.05, 4.69) is 28.1 Å². The van der Waals surface area contributed by atoms with Crippen LogP contribution in [0, 0.1) is 0 Å². The monoisotopic (exact) mass is 385 g/mol. The van der Waals surface area contributed by atoms with E-state index in [-0.39, 0.29) is 23.8 Å². The summed E-state index contributed by atoms with van der Waals surface area (Å²) in [5.74, 6) is -0.739. The van der Waals surface area contributed by atoms with Crippen molar-refractivity contribution in [3.05, 3.63) is 41.5 Å². The summed E-state index contributed by atoms with van der Waals surface area (Å²) < 4.78 is 0. The summed E-state index contributed by atoms with van der Waals surface area (Å²) in [4.78, 5) is 37.2. The molecular weight excluding hydrogens is 354 g/mol. The molecule has 152 valence electrons. The zero-order valence-electron chi connectivity index (χ0n) is 17.0. The lowest BCUT2D eigenvalue weighted by Crippen LogP contribution is -2.54. The van der Waals surface area contributed by atoms with Gasteiger partial charge in [0.05, 0.1) is 0 Å². The smallest absolute Gasteiger partial charge is 0.243 e. The summed E-state index contributed by atoms with van der Waals surface area (Å²) in [5.41, 5.74) is 2.03. The average Bonchev–Trinajstić information content (AvgIpc) is 2.63. The molecule has 0 unspecified atom stereocenters. The van der Waals surface area contributed by atoms with Crippen molar-refractivity contribution < 1.29 is 14.4 Å². The Morgan fingerprint density at radius 1 is 1.18 bits per heavy atom. The van der Waals surface area contributed by atoms with Gasteiger partial charge in [-0.15, -0.1) is 0 Å². The summed E-state index contributed by atoms with van der Waals surface area (Å²) in [6.07, 6.45) is 7.51. The third kappa shape index (κ3) is 7.18. The molecule has 0 aliphatic carbocycles. The summed E-state index contributed by atoms with van der Waals surface area (Å²) in [5, 5.41) is 8.38. The highest BCUT2D eigenvalue weighted by Gasteiger charge is 2.25. The first-order chi connectivity index (χ1) is 13.3. The van der Waals surface area contributed by atoms with E-state index >= 15 is 0 Å². The van der Waals surface area contributed by atoms with E-state index in [0.717, 1.165) is 30.4 Å². The number of benzene rings is 1. The van der Waals surface area contributed by atoms with Crippen molar-refractivity contribution in [1.82, 2.24) is 16.0 Å². The van der Waals surface area contributed by atoms with Crippen LogP contribution in [0.3, 0.4) is 0 Å². The minimum Gasteiger partial charge on any atom is -0.352 e. The molecule has 0 spiro atoms. The Balaban J connectivity index is 2.26. The van der Waals surface area contributed by atoms with Crippen LogP contribution >= 0.6 is 0 Å². The Morgan fingerprint density at radius 3 is 2.71 bits per heavy atom. The summed E-state index contributed by atoms with van der Waals surface area (Å²) in [7, 11) is 0. The third-order valence-corrected chi connectivity index (χ3v) is 4.56. The van der Waals surface area contributed by atoms with Crippen LogP contribution < -0.4 is 16.0 Å². The predicted octanol–water partition coefficient (Wildman–Crippen LogP) is 2.33. The lowest BCUT2D eigenvalue weighted by Gasteiger charge is -2.22. The number of carbonyl (C=O) groups excluding carboxylic acids is 3. The molecule has 28 heavy (non-hydrogen) atoms. The van der Waals surface area contributed by atoms with Crippen LogP contribution in [0.15, 0.2) is 30.3 Å². The molecule has 1 heterocycles. The van der Waals surface area contributed by atoms with E-state index in [1.807, 2.05) is 38.1 Å². The minimum atomic E-state index is -0.707. The van der Waals surface area contributed by atoms with Gasteiger partial charge in [-0.2, -0.15) is 0 Å². The Morgan fingerprint density at radius 2 is 1.96 bits per heavy atom. The number of fused-ring (bicyclic) bond motifs is 2. The zero-order valence-corrected chi connectivity index (χ0v) is 17.0. The van der Waals surface area contributed by atoms with Gasteiger partial charge in [0.1, 0.15) is 12.1 Å². The van der Waals surface area contributed by atoms with E-state index in [9.17, 15) is 14.4 Å². The molecule has 3 amide bonds. The van der Waals surface area contributed by atoms with Crippen molar-refractivity contribution in [3.8, 4) is 0 Å². The van der Waals surface area contributed by atoms with E-state index in [1.54, 1.807) is 6.92 Å². The molecular formula is C22H31N3O3. The maximum Gasteiger partial charge on any atom is 0.243 e. The molecule has 0 radical (unpaired) electrons. The van der Waals surface area contributed by atoms with Gasteiger partial charge in [-0.3, -0.25) is 14.4 Å². The molecule has 0 aromatic heterocycles. The molecule has 2 rings (SSSR count). The van der Waals surface area contributed by atoms with Crippen molar-refractivity contribution in [2.75, 3.05) is 0 Å². The second-order valence-electron chi connectivity index (χ2n) is 7.61. The minimum absolute atomic E-state index is 0.0313. The van der Waals surface area contributed by atoms with Crippen molar-refractivity contribution in [2.45, 2.75) is 71.0 Å². The van der Waals surface area contributed by atoms with Crippen molar-refractivity contribution in [3.63, 3.8) is 0 Å². The first-order valence-corrected chi connectivity index (χ1v) is 10.0. The van der Waals surface area contributed by atoms with Crippen molar-refractivity contribution in [1.29, 1.82) is 0 Å². The van der Waals surface area contributed by atoms with Crippen LogP contribution in [0.2, 0.25) is 0 Å². The second-order valence-corrected chi connectivity index (χ2v) is 7.61. The van der Waals surface area contributed by atoms with Crippen LogP contribution in [0.4, 0.5) is 0 Å². The molecule has 0 saturated carbocycles. The van der Waals surface area contributed by atoms with E-state index in [4.69, 9.17) is 0 Å². The largest absolute Gasteiger partial charge is 0.352 e. The van der Waals surface area contributed by atoms with Gasteiger partial charge in [0.25, 0.3) is 0 Å². The summed E-state index contributed by atoms with van der Waals surface area (Å²) in [6, 6.07) is 6.53. The molecule has 1 aliphatic heterocycles. The molecule has 1 aromatic rings. The number of rotatable bonds is 2. The lowest BCUT2D eigenvalue weighted by molar-refractivity contribution is -0.131. The van der Waals surface area contributed by atoms with E-state index < -0.39 is 12.1 Å². The number of allylic oxidation sites excluding steroid dienone is 1. The maximum absolute atomic E-state index is 12.6. The number of carbonyl (C=O) groups is 3. The third-order valence-electron chi connectivity index (χ3n) is 4.56. The fourth-order valence-corrected chi connectivity index (χ4v) is 3.10. The van der Waals surface area contributed by atoms with Gasteiger partial charge in [0, 0.05) is 18.9 Å². The van der Waals surface area contributed by atoms with Crippen LogP contribution in [0.5, 0.6) is 0 Å². The molecule has 2 atom stereocenters. The van der Waals surface area contributed by atoms with Crippen molar-refractivity contribution in [2.24, 2.45) is 0 Å². The Kier molecular flexibility index (Phi) is 8.23. The highest BCUT2D eigenvalue weighted by Crippen LogP contribution is 2.12. The molecule has 0 fully saturated rings. The number of hydrogen-bond donors (Lipinski definition) is 3. The SMILES string of the molecule is CC(C)NC(=O)[C@@H]1Cc2cccc(c2)/C=C\CCCCC(=O)N[C@@H](C)C(=O)N1. The van der Waals surface area contributed by atoms with Crippen LogP contribution in [-0.2, 0) is 20.8 Å². The first-order valence-electron chi connectivity index (χ1n) is 10.0. The number of amides is 3. The maximum atomic E-state index is 12.6. The predicted molar refractivity (Wildman–Crippen MR) is 110 cm³/mol. The van der Waals surface area contributed by atoms with Crippen LogP contribution in [-0.4, -0.2) is 35.8 Å². The normalized spacial score (nSPS) is 22.9. The molecule has 0 saturated heterocycles. The van der Waals surface area contributed by atoms with Gasteiger partial charge >= 0.3 is 0 Å². The highest BCUT2D eigenvalue weighted by atomic mass is 16.2. The standard InChI is InChI=1S/C22H31N3O3/c1-15(2)23-22(28)19-14-18-11-8-10-17(13-18)9-6-4-5-7-12-20(26)24-16(3)21(27)25-19/h6,8-11,13,15-16,19H,4-5,7,12,14H2,1-3H3,(H,23,28)(H,24,26)(H,25,27)/b9-6-/t16-,19-/m0/s1. The van der Waals surface area contributed by atoms with Crippen LogP contribution in [0.25, 0.3) is 6.08 Å². The summed E-state index contributed by atoms with van der Waals surface area (Å²) >= 11 is 0. The number of nitrogens with one attached hydrogen (secondary N) is 3. The van der Waals surface area contributed by atoms with E-state index in [1.165, 1.54) is 0 Å².